The molecule has 0 saturated heterocycles. The van der Waals surface area contributed by atoms with Crippen LogP contribution < -0.4 is 0 Å². The Morgan fingerprint density at radius 2 is 1.82 bits per heavy atom. The Morgan fingerprint density at radius 1 is 1.06 bits per heavy atom. The first-order chi connectivity index (χ1) is 8.38. The van der Waals surface area contributed by atoms with Gasteiger partial charge in [-0.15, -0.1) is 0 Å². The van der Waals surface area contributed by atoms with Gasteiger partial charge in [-0.1, -0.05) is 30.3 Å². The summed E-state index contributed by atoms with van der Waals surface area (Å²) in [5.74, 6) is 0. The quantitative estimate of drug-likeness (QED) is 0.802. The number of hydrogen-bond acceptors (Lipinski definition) is 3. The zero-order valence-corrected chi connectivity index (χ0v) is 9.34. The number of nitrogens with zero attached hydrogens (tertiary/aromatic N) is 2. The molecule has 0 spiro atoms. The number of rotatable bonds is 4. The van der Waals surface area contributed by atoms with E-state index in [2.05, 4.69) is 4.98 Å². The van der Waals surface area contributed by atoms with E-state index in [1.54, 1.807) is 12.3 Å². The highest BCUT2D eigenvalue weighted by Gasteiger charge is 1.97. The molecule has 2 aromatic rings. The summed E-state index contributed by atoms with van der Waals surface area (Å²) in [4.78, 5) is 3.91. The van der Waals surface area contributed by atoms with Gasteiger partial charge in [-0.3, -0.25) is 0 Å². The van der Waals surface area contributed by atoms with Crippen LogP contribution >= 0.6 is 0 Å². The minimum atomic E-state index is 0.422. The van der Waals surface area contributed by atoms with E-state index in [1.807, 2.05) is 42.5 Å². The predicted molar refractivity (Wildman–Crippen MR) is 63.9 cm³/mol. The molecule has 84 valence electrons. The topological polar surface area (TPSA) is 45.9 Å². The monoisotopic (exact) mass is 224 g/mol. The Balaban J connectivity index is 1.88. The van der Waals surface area contributed by atoms with Gasteiger partial charge in [0.05, 0.1) is 13.2 Å². The van der Waals surface area contributed by atoms with Gasteiger partial charge in [0.25, 0.3) is 0 Å². The lowest BCUT2D eigenvalue weighted by Crippen LogP contribution is -1.95. The molecule has 0 aliphatic heterocycles. The van der Waals surface area contributed by atoms with E-state index in [0.717, 1.165) is 11.1 Å². The molecule has 1 heterocycles. The van der Waals surface area contributed by atoms with E-state index in [9.17, 15) is 0 Å². The van der Waals surface area contributed by atoms with Crippen LogP contribution in [0.1, 0.15) is 16.8 Å². The van der Waals surface area contributed by atoms with E-state index in [4.69, 9.17) is 10.00 Å². The van der Waals surface area contributed by atoms with E-state index < -0.39 is 0 Å². The van der Waals surface area contributed by atoms with Gasteiger partial charge in [-0.25, -0.2) is 4.98 Å². The highest BCUT2D eigenvalue weighted by molar-refractivity contribution is 5.24. The van der Waals surface area contributed by atoms with Crippen molar-refractivity contribution in [2.24, 2.45) is 0 Å². The van der Waals surface area contributed by atoms with Crippen LogP contribution in [-0.2, 0) is 18.0 Å². The summed E-state index contributed by atoms with van der Waals surface area (Å²) in [5.41, 5.74) is 2.53. The van der Waals surface area contributed by atoms with Crippen LogP contribution in [0.3, 0.4) is 0 Å². The van der Waals surface area contributed by atoms with Crippen LogP contribution in [-0.4, -0.2) is 4.98 Å². The predicted octanol–water partition coefficient (Wildman–Crippen LogP) is 2.67. The van der Waals surface area contributed by atoms with Crippen molar-refractivity contribution in [3.8, 4) is 6.07 Å². The van der Waals surface area contributed by atoms with Crippen molar-refractivity contribution in [2.45, 2.75) is 13.2 Å². The zero-order chi connectivity index (χ0) is 11.9. The average Bonchev–Trinajstić information content (AvgIpc) is 2.40. The number of hydrogen-bond donors (Lipinski definition) is 0. The summed E-state index contributed by atoms with van der Waals surface area (Å²) in [6.07, 6.45) is 1.62. The van der Waals surface area contributed by atoms with Crippen molar-refractivity contribution in [3.63, 3.8) is 0 Å². The Morgan fingerprint density at radius 3 is 2.59 bits per heavy atom. The first-order valence-electron chi connectivity index (χ1n) is 5.35. The maximum absolute atomic E-state index is 8.71. The Labute approximate surface area is 100 Å². The summed E-state index contributed by atoms with van der Waals surface area (Å²) < 4.78 is 5.57. The number of ether oxygens (including phenoxy) is 1. The molecular weight excluding hydrogens is 212 g/mol. The fourth-order valence-corrected chi connectivity index (χ4v) is 1.49. The van der Waals surface area contributed by atoms with Crippen molar-refractivity contribution in [2.75, 3.05) is 0 Å². The minimum absolute atomic E-state index is 0.422. The van der Waals surface area contributed by atoms with Crippen LogP contribution in [0.25, 0.3) is 0 Å². The lowest BCUT2D eigenvalue weighted by atomic mass is 10.2. The van der Waals surface area contributed by atoms with E-state index >= 15 is 0 Å². The van der Waals surface area contributed by atoms with Gasteiger partial charge in [0.2, 0.25) is 0 Å². The molecular formula is C14H12N2O. The SMILES string of the molecule is N#Cc1cc(COCc2ccccc2)ccn1. The summed E-state index contributed by atoms with van der Waals surface area (Å²) in [6, 6.07) is 15.6. The highest BCUT2D eigenvalue weighted by Crippen LogP contribution is 2.06. The third-order valence-electron chi connectivity index (χ3n) is 2.32. The molecule has 0 aliphatic rings. The molecule has 0 N–H and O–H groups in total. The molecule has 3 nitrogen and oxygen atoms in total. The zero-order valence-electron chi connectivity index (χ0n) is 9.34. The molecule has 0 amide bonds. The Kier molecular flexibility index (Phi) is 3.85. The second-order valence-corrected chi connectivity index (χ2v) is 3.64. The van der Waals surface area contributed by atoms with Gasteiger partial charge >= 0.3 is 0 Å². The maximum atomic E-state index is 8.71. The smallest absolute Gasteiger partial charge is 0.140 e. The third kappa shape index (κ3) is 3.40. The van der Waals surface area contributed by atoms with E-state index in [0.29, 0.717) is 18.9 Å². The first-order valence-corrected chi connectivity index (χ1v) is 5.35. The van der Waals surface area contributed by atoms with Gasteiger partial charge in [0, 0.05) is 6.20 Å². The summed E-state index contributed by atoms with van der Waals surface area (Å²) in [7, 11) is 0. The highest BCUT2D eigenvalue weighted by atomic mass is 16.5. The van der Waals surface area contributed by atoms with Gasteiger partial charge in [0.1, 0.15) is 11.8 Å². The summed E-state index contributed by atoms with van der Waals surface area (Å²) >= 11 is 0. The van der Waals surface area contributed by atoms with Crippen LogP contribution in [0.15, 0.2) is 48.7 Å². The van der Waals surface area contributed by atoms with Crippen LogP contribution in [0.2, 0.25) is 0 Å². The fourth-order valence-electron chi connectivity index (χ4n) is 1.49. The van der Waals surface area contributed by atoms with E-state index in [-0.39, 0.29) is 0 Å². The second kappa shape index (κ2) is 5.78. The molecule has 17 heavy (non-hydrogen) atoms. The standard InChI is InChI=1S/C14H12N2O/c15-9-14-8-13(6-7-16-14)11-17-10-12-4-2-1-3-5-12/h1-8H,10-11H2. The summed E-state index contributed by atoms with van der Waals surface area (Å²) in [6.45, 7) is 1.07. The van der Waals surface area contributed by atoms with Crippen molar-refractivity contribution in [1.29, 1.82) is 5.26 Å². The molecule has 1 aromatic carbocycles. The van der Waals surface area contributed by atoms with Crippen molar-refractivity contribution >= 4 is 0 Å². The Hall–Kier alpha value is -2.18. The van der Waals surface area contributed by atoms with Crippen molar-refractivity contribution in [1.82, 2.24) is 4.98 Å². The lowest BCUT2D eigenvalue weighted by Gasteiger charge is -2.04. The Bertz CT molecular complexity index is 517. The summed E-state index contributed by atoms with van der Waals surface area (Å²) in [5, 5.41) is 8.71. The third-order valence-corrected chi connectivity index (χ3v) is 2.32. The maximum Gasteiger partial charge on any atom is 0.140 e. The first kappa shape index (κ1) is 11.3. The molecule has 0 aliphatic carbocycles. The molecule has 1 aromatic heterocycles. The number of benzene rings is 1. The molecule has 0 fully saturated rings. The number of aromatic nitrogens is 1. The van der Waals surface area contributed by atoms with Crippen molar-refractivity contribution < 1.29 is 4.74 Å². The average molecular weight is 224 g/mol. The lowest BCUT2D eigenvalue weighted by molar-refractivity contribution is 0.107. The van der Waals surface area contributed by atoms with Gasteiger partial charge in [0.15, 0.2) is 0 Å². The second-order valence-electron chi connectivity index (χ2n) is 3.64. The number of nitriles is 1. The van der Waals surface area contributed by atoms with E-state index in [1.165, 1.54) is 0 Å². The molecule has 0 atom stereocenters. The molecule has 0 unspecified atom stereocenters. The fraction of sp³-hybridized carbons (Fsp3) is 0.143. The molecule has 0 saturated carbocycles. The number of pyridine rings is 1. The largest absolute Gasteiger partial charge is 0.372 e. The van der Waals surface area contributed by atoms with Gasteiger partial charge in [-0.2, -0.15) is 5.26 Å². The molecule has 2 rings (SSSR count). The van der Waals surface area contributed by atoms with Crippen molar-refractivity contribution in [3.05, 3.63) is 65.5 Å². The van der Waals surface area contributed by atoms with Crippen LogP contribution in [0, 0.1) is 11.3 Å². The minimum Gasteiger partial charge on any atom is -0.372 e. The molecule has 3 heteroatoms. The molecule has 0 radical (unpaired) electrons. The van der Waals surface area contributed by atoms with Gasteiger partial charge < -0.3 is 4.74 Å². The normalized spacial score (nSPS) is 9.82. The van der Waals surface area contributed by atoms with Crippen LogP contribution in [0.5, 0.6) is 0 Å². The van der Waals surface area contributed by atoms with Gasteiger partial charge in [-0.05, 0) is 23.3 Å². The molecule has 0 bridgehead atoms. The van der Waals surface area contributed by atoms with Crippen LogP contribution in [0.4, 0.5) is 0 Å².